The van der Waals surface area contributed by atoms with Gasteiger partial charge in [-0.1, -0.05) is 29.6 Å². The number of carbonyl (C=O) groups is 3. The van der Waals surface area contributed by atoms with Gasteiger partial charge in [-0.25, -0.2) is 0 Å². The molecule has 8 nitrogen and oxygen atoms in total. The minimum atomic E-state index is -0.784. The van der Waals surface area contributed by atoms with Crippen molar-refractivity contribution in [1.82, 2.24) is 15.5 Å². The van der Waals surface area contributed by atoms with Gasteiger partial charge in [-0.3, -0.25) is 14.4 Å². The minimum absolute atomic E-state index is 0.0576. The van der Waals surface area contributed by atoms with Gasteiger partial charge in [0.05, 0.1) is 11.1 Å². The number of halogens is 2. The van der Waals surface area contributed by atoms with Crippen LogP contribution < -0.4 is 15.4 Å². The Hall–Kier alpha value is -2.50. The highest BCUT2D eigenvalue weighted by Crippen LogP contribution is 2.42. The van der Waals surface area contributed by atoms with Crippen LogP contribution in [0.25, 0.3) is 0 Å². The maximum atomic E-state index is 13.3. The maximum absolute atomic E-state index is 13.3. The summed E-state index contributed by atoms with van der Waals surface area (Å²) in [6.45, 7) is 0.817. The summed E-state index contributed by atoms with van der Waals surface area (Å²) >= 11 is 12.0. The van der Waals surface area contributed by atoms with Crippen LogP contribution in [0.2, 0.25) is 10.0 Å². The molecule has 1 aromatic carbocycles. The maximum Gasteiger partial charge on any atom is 0.261 e. The molecule has 1 aliphatic carbocycles. The highest BCUT2D eigenvalue weighted by molar-refractivity contribution is 6.35. The van der Waals surface area contributed by atoms with Crippen LogP contribution >= 0.6 is 23.2 Å². The lowest BCUT2D eigenvalue weighted by atomic mass is 9.92. The van der Waals surface area contributed by atoms with Gasteiger partial charge in [0.15, 0.2) is 6.61 Å². The Morgan fingerprint density at radius 1 is 1.30 bits per heavy atom. The molecular weight excluding hydrogens is 467 g/mol. The van der Waals surface area contributed by atoms with E-state index in [4.69, 9.17) is 27.9 Å². The summed E-state index contributed by atoms with van der Waals surface area (Å²) in [5.41, 5.74) is 0. The fourth-order valence-corrected chi connectivity index (χ4v) is 5.73. The fourth-order valence-electron chi connectivity index (χ4n) is 5.27. The van der Waals surface area contributed by atoms with Gasteiger partial charge in [0, 0.05) is 24.0 Å². The van der Waals surface area contributed by atoms with Gasteiger partial charge in [0.1, 0.15) is 17.8 Å². The molecule has 33 heavy (non-hydrogen) atoms. The number of hydrogen-bond acceptors (Lipinski definition) is 5. The number of rotatable bonds is 7. The van der Waals surface area contributed by atoms with Gasteiger partial charge in [0.25, 0.3) is 5.91 Å². The summed E-state index contributed by atoms with van der Waals surface area (Å²) in [4.78, 5) is 39.8. The minimum Gasteiger partial charge on any atom is -0.482 e. The first-order chi connectivity index (χ1) is 15.9. The third-order valence-corrected chi connectivity index (χ3v) is 7.41. The zero-order valence-corrected chi connectivity index (χ0v) is 19.6. The molecule has 176 valence electrons. The number of nitrogens with zero attached hydrogens (tertiary/aromatic N) is 2. The summed E-state index contributed by atoms with van der Waals surface area (Å²) in [6, 6.07) is 5.41. The third-order valence-electron chi connectivity index (χ3n) is 6.88. The molecule has 0 radical (unpaired) electrons. The second-order valence-corrected chi connectivity index (χ2v) is 9.76. The SMILES string of the molecule is N#C[C@H](C[C@@H]1CCNC1=O)NC(=O)[C@@H]1[C@H]2CCC[C@H]2CN1C(=O)COc1ccc(Cl)cc1Cl. The van der Waals surface area contributed by atoms with E-state index in [2.05, 4.69) is 16.7 Å². The first-order valence-corrected chi connectivity index (χ1v) is 12.0. The van der Waals surface area contributed by atoms with E-state index < -0.39 is 12.1 Å². The number of nitriles is 1. The number of carbonyl (C=O) groups excluding carboxylic acids is 3. The first kappa shape index (κ1) is 23.7. The van der Waals surface area contributed by atoms with Crippen molar-refractivity contribution in [3.8, 4) is 11.8 Å². The molecule has 4 rings (SSSR count). The largest absolute Gasteiger partial charge is 0.482 e. The lowest BCUT2D eigenvalue weighted by Gasteiger charge is -2.28. The molecule has 2 heterocycles. The van der Waals surface area contributed by atoms with Crippen LogP contribution in [0.3, 0.4) is 0 Å². The van der Waals surface area contributed by atoms with Crippen LogP contribution in [0, 0.1) is 29.1 Å². The molecule has 2 aliphatic heterocycles. The lowest BCUT2D eigenvalue weighted by Crippen LogP contribution is -2.52. The predicted molar refractivity (Wildman–Crippen MR) is 122 cm³/mol. The van der Waals surface area contributed by atoms with Crippen LogP contribution in [0.1, 0.15) is 32.1 Å². The molecule has 3 fully saturated rings. The normalized spacial score (nSPS) is 26.9. The summed E-state index contributed by atoms with van der Waals surface area (Å²) in [7, 11) is 0. The number of nitrogens with one attached hydrogen (secondary N) is 2. The monoisotopic (exact) mass is 492 g/mol. The molecule has 0 spiro atoms. The Morgan fingerprint density at radius 3 is 2.82 bits per heavy atom. The molecule has 10 heteroatoms. The van der Waals surface area contributed by atoms with Crippen molar-refractivity contribution >= 4 is 40.9 Å². The quantitative estimate of drug-likeness (QED) is 0.607. The van der Waals surface area contributed by atoms with Crippen molar-refractivity contribution < 1.29 is 19.1 Å². The van der Waals surface area contributed by atoms with Crippen molar-refractivity contribution in [2.45, 2.75) is 44.2 Å². The summed E-state index contributed by atoms with van der Waals surface area (Å²) < 4.78 is 5.61. The Balaban J connectivity index is 1.42. The van der Waals surface area contributed by atoms with E-state index in [-0.39, 0.29) is 48.5 Å². The zero-order chi connectivity index (χ0) is 23.5. The van der Waals surface area contributed by atoms with Gasteiger partial charge in [-0.05, 0) is 55.7 Å². The zero-order valence-electron chi connectivity index (χ0n) is 18.1. The molecule has 3 aliphatic rings. The number of amides is 3. The van der Waals surface area contributed by atoms with Crippen molar-refractivity contribution in [3.05, 3.63) is 28.2 Å². The van der Waals surface area contributed by atoms with E-state index in [1.54, 1.807) is 17.0 Å². The Bertz CT molecular complexity index is 982. The van der Waals surface area contributed by atoms with E-state index in [1.165, 1.54) is 6.07 Å². The Morgan fingerprint density at radius 2 is 2.12 bits per heavy atom. The molecule has 2 saturated heterocycles. The molecule has 5 atom stereocenters. The highest BCUT2D eigenvalue weighted by Gasteiger charge is 2.49. The van der Waals surface area contributed by atoms with E-state index in [9.17, 15) is 19.6 Å². The van der Waals surface area contributed by atoms with Crippen LogP contribution in [0.4, 0.5) is 0 Å². The summed E-state index contributed by atoms with van der Waals surface area (Å²) in [5.74, 6) is -0.364. The van der Waals surface area contributed by atoms with E-state index in [0.717, 1.165) is 19.3 Å². The summed E-state index contributed by atoms with van der Waals surface area (Å²) in [5, 5.41) is 15.9. The lowest BCUT2D eigenvalue weighted by molar-refractivity contribution is -0.141. The third kappa shape index (κ3) is 5.20. The Kier molecular flexibility index (Phi) is 7.30. The molecule has 0 unspecified atom stereocenters. The number of fused-ring (bicyclic) bond motifs is 1. The molecule has 0 bridgehead atoms. The van der Waals surface area contributed by atoms with Gasteiger partial charge in [0.2, 0.25) is 11.8 Å². The van der Waals surface area contributed by atoms with E-state index >= 15 is 0 Å². The van der Waals surface area contributed by atoms with Crippen LogP contribution in [-0.4, -0.2) is 54.4 Å². The van der Waals surface area contributed by atoms with Crippen molar-refractivity contribution in [2.75, 3.05) is 19.7 Å². The average molecular weight is 493 g/mol. The molecule has 1 saturated carbocycles. The number of likely N-dealkylation sites (tertiary alicyclic amines) is 1. The van der Waals surface area contributed by atoms with E-state index in [1.807, 2.05) is 0 Å². The predicted octanol–water partition coefficient (Wildman–Crippen LogP) is 2.53. The Labute approximate surface area is 202 Å². The van der Waals surface area contributed by atoms with Crippen LogP contribution in [-0.2, 0) is 14.4 Å². The molecule has 3 amide bonds. The number of benzene rings is 1. The fraction of sp³-hybridized carbons (Fsp3) is 0.565. The van der Waals surface area contributed by atoms with Gasteiger partial charge in [-0.15, -0.1) is 0 Å². The van der Waals surface area contributed by atoms with Crippen molar-refractivity contribution in [1.29, 1.82) is 5.26 Å². The van der Waals surface area contributed by atoms with Gasteiger partial charge >= 0.3 is 0 Å². The topological polar surface area (TPSA) is 112 Å². The molecular formula is C23H26Cl2N4O4. The van der Waals surface area contributed by atoms with Crippen LogP contribution in [0.5, 0.6) is 5.75 Å². The smallest absolute Gasteiger partial charge is 0.261 e. The molecule has 2 N–H and O–H groups in total. The van der Waals surface area contributed by atoms with E-state index in [0.29, 0.717) is 35.3 Å². The van der Waals surface area contributed by atoms with Crippen molar-refractivity contribution in [3.63, 3.8) is 0 Å². The first-order valence-electron chi connectivity index (χ1n) is 11.2. The molecule has 1 aromatic rings. The number of hydrogen-bond donors (Lipinski definition) is 2. The standard InChI is InChI=1S/C23H26Cl2N4O4/c24-15-4-5-19(18(25)9-15)33-12-20(30)29-11-14-2-1-3-17(14)21(29)23(32)28-16(10-26)8-13-6-7-27-22(13)31/h4-5,9,13-14,16-17,21H,1-3,6-8,11-12H2,(H,27,31)(H,28,32)/t13-,14-,16-,17-,21-/m0/s1. The average Bonchev–Trinajstić information content (AvgIpc) is 3.48. The van der Waals surface area contributed by atoms with Gasteiger partial charge < -0.3 is 20.3 Å². The molecule has 0 aromatic heterocycles. The van der Waals surface area contributed by atoms with Gasteiger partial charge in [-0.2, -0.15) is 5.26 Å². The number of ether oxygens (including phenoxy) is 1. The van der Waals surface area contributed by atoms with Crippen molar-refractivity contribution in [2.24, 2.45) is 17.8 Å². The summed E-state index contributed by atoms with van der Waals surface area (Å²) in [6.07, 6.45) is 3.75. The highest BCUT2D eigenvalue weighted by atomic mass is 35.5. The second kappa shape index (κ2) is 10.2. The second-order valence-electron chi connectivity index (χ2n) is 8.91. The van der Waals surface area contributed by atoms with Crippen LogP contribution in [0.15, 0.2) is 18.2 Å².